The average Bonchev–Trinajstić information content (AvgIpc) is 2.54. The second kappa shape index (κ2) is 8.20. The van der Waals surface area contributed by atoms with Crippen molar-refractivity contribution in [1.29, 1.82) is 0 Å². The number of hydrogen-bond acceptors (Lipinski definition) is 3. The molecule has 0 atom stereocenters. The van der Waals surface area contributed by atoms with Gasteiger partial charge in [-0.3, -0.25) is 0 Å². The fourth-order valence-electron chi connectivity index (χ4n) is 3.19. The number of ether oxygens (including phenoxy) is 2. The minimum atomic E-state index is 0.223. The summed E-state index contributed by atoms with van der Waals surface area (Å²) in [5, 5.41) is 8.92. The molecule has 0 aliphatic rings. The second-order valence-electron chi connectivity index (χ2n) is 6.49. The number of aliphatic hydroxyl groups excluding tert-OH is 1. The Bertz CT molecular complexity index is 672. The Kier molecular flexibility index (Phi) is 6.27. The first-order valence-corrected chi connectivity index (χ1v) is 8.53. The number of benzene rings is 2. The van der Waals surface area contributed by atoms with Gasteiger partial charge in [-0.05, 0) is 67.5 Å². The minimum Gasteiger partial charge on any atom is -0.496 e. The summed E-state index contributed by atoms with van der Waals surface area (Å²) < 4.78 is 11.7. The molecule has 1 N–H and O–H groups in total. The molecular formula is C21H28O3. The van der Waals surface area contributed by atoms with Crippen molar-refractivity contribution >= 4 is 0 Å². The van der Waals surface area contributed by atoms with Gasteiger partial charge in [0.05, 0.1) is 7.11 Å². The number of aliphatic hydroxyl groups is 1. The highest BCUT2D eigenvalue weighted by atomic mass is 16.5. The highest BCUT2D eigenvalue weighted by Crippen LogP contribution is 2.39. The molecule has 0 spiro atoms. The predicted molar refractivity (Wildman–Crippen MR) is 98.5 cm³/mol. The highest BCUT2D eigenvalue weighted by Gasteiger charge is 2.18. The first kappa shape index (κ1) is 18.3. The van der Waals surface area contributed by atoms with Gasteiger partial charge in [-0.15, -0.1) is 0 Å². The summed E-state index contributed by atoms with van der Waals surface area (Å²) in [4.78, 5) is 0. The van der Waals surface area contributed by atoms with E-state index in [0.717, 1.165) is 41.2 Å². The summed E-state index contributed by atoms with van der Waals surface area (Å²) in [7, 11) is 1.71. The summed E-state index contributed by atoms with van der Waals surface area (Å²) in [5.41, 5.74) is 4.61. The van der Waals surface area contributed by atoms with Crippen LogP contribution in [0.4, 0.5) is 0 Å². The van der Waals surface area contributed by atoms with Crippen LogP contribution >= 0.6 is 0 Å². The molecule has 0 aliphatic heterocycles. The van der Waals surface area contributed by atoms with Crippen molar-refractivity contribution in [3.05, 3.63) is 52.6 Å². The number of hydrogen-bond donors (Lipinski definition) is 1. The van der Waals surface area contributed by atoms with E-state index in [9.17, 15) is 0 Å². The smallest absolute Gasteiger partial charge is 0.131 e. The molecule has 0 saturated carbocycles. The molecule has 2 aromatic rings. The van der Waals surface area contributed by atoms with E-state index in [2.05, 4.69) is 39.0 Å². The standard InChI is InChI=1S/C21H28O3/c1-14(2)20-16(4)21(23-5)15(3)13-19(20)24-18-10-8-17(9-11-18)7-6-12-22/h8-11,13-14,22H,6-7,12H2,1-5H3. The van der Waals surface area contributed by atoms with E-state index in [1.54, 1.807) is 7.11 Å². The van der Waals surface area contributed by atoms with Gasteiger partial charge >= 0.3 is 0 Å². The maximum Gasteiger partial charge on any atom is 0.131 e. The van der Waals surface area contributed by atoms with Crippen LogP contribution in [0.2, 0.25) is 0 Å². The third-order valence-corrected chi connectivity index (χ3v) is 4.27. The molecule has 2 rings (SSSR count). The van der Waals surface area contributed by atoms with Crippen LogP contribution < -0.4 is 9.47 Å². The maximum atomic E-state index is 8.92. The SMILES string of the molecule is COc1c(C)cc(Oc2ccc(CCCO)cc2)c(C(C)C)c1C. The predicted octanol–water partition coefficient (Wildman–Crippen LogP) is 5.15. The van der Waals surface area contributed by atoms with Crippen LogP contribution in [0, 0.1) is 13.8 Å². The normalized spacial score (nSPS) is 11.0. The molecule has 3 heteroatoms. The third kappa shape index (κ3) is 4.09. The second-order valence-corrected chi connectivity index (χ2v) is 6.49. The van der Waals surface area contributed by atoms with Crippen LogP contribution in [0.15, 0.2) is 30.3 Å². The zero-order valence-electron chi connectivity index (χ0n) is 15.3. The van der Waals surface area contributed by atoms with E-state index in [1.807, 2.05) is 19.1 Å². The van der Waals surface area contributed by atoms with Crippen molar-refractivity contribution < 1.29 is 14.6 Å². The Hall–Kier alpha value is -2.00. The van der Waals surface area contributed by atoms with E-state index >= 15 is 0 Å². The Morgan fingerprint density at radius 1 is 1.08 bits per heavy atom. The Labute approximate surface area is 145 Å². The van der Waals surface area contributed by atoms with Crippen LogP contribution in [0.3, 0.4) is 0 Å². The van der Waals surface area contributed by atoms with Gasteiger partial charge in [-0.1, -0.05) is 26.0 Å². The Morgan fingerprint density at radius 2 is 1.75 bits per heavy atom. The molecule has 0 heterocycles. The van der Waals surface area contributed by atoms with Crippen LogP contribution in [-0.4, -0.2) is 18.8 Å². The zero-order valence-corrected chi connectivity index (χ0v) is 15.3. The van der Waals surface area contributed by atoms with Gasteiger partial charge in [0.1, 0.15) is 17.2 Å². The van der Waals surface area contributed by atoms with Gasteiger partial charge < -0.3 is 14.6 Å². The molecule has 0 amide bonds. The summed E-state index contributed by atoms with van der Waals surface area (Å²) in [6, 6.07) is 10.2. The molecule has 0 radical (unpaired) electrons. The number of aryl methyl sites for hydroxylation is 2. The Balaban J connectivity index is 2.32. The third-order valence-electron chi connectivity index (χ3n) is 4.27. The maximum absolute atomic E-state index is 8.92. The largest absolute Gasteiger partial charge is 0.496 e. The summed E-state index contributed by atoms with van der Waals surface area (Å²) in [5.74, 6) is 3.00. The molecule has 24 heavy (non-hydrogen) atoms. The van der Waals surface area contributed by atoms with E-state index in [1.165, 1.54) is 11.1 Å². The van der Waals surface area contributed by atoms with E-state index in [0.29, 0.717) is 5.92 Å². The monoisotopic (exact) mass is 328 g/mol. The van der Waals surface area contributed by atoms with Gasteiger partial charge in [-0.25, -0.2) is 0 Å². The van der Waals surface area contributed by atoms with E-state index in [4.69, 9.17) is 14.6 Å². The molecule has 130 valence electrons. The fourth-order valence-corrected chi connectivity index (χ4v) is 3.19. The number of rotatable bonds is 7. The average molecular weight is 328 g/mol. The van der Waals surface area contributed by atoms with Crippen molar-refractivity contribution in [2.75, 3.05) is 13.7 Å². The first-order chi connectivity index (χ1) is 11.5. The van der Waals surface area contributed by atoms with Gasteiger partial charge in [-0.2, -0.15) is 0 Å². The molecule has 2 aromatic carbocycles. The minimum absolute atomic E-state index is 0.223. The number of methoxy groups -OCH3 is 1. The van der Waals surface area contributed by atoms with Gasteiger partial charge in [0, 0.05) is 12.2 Å². The van der Waals surface area contributed by atoms with Gasteiger partial charge in [0.2, 0.25) is 0 Å². The first-order valence-electron chi connectivity index (χ1n) is 8.53. The van der Waals surface area contributed by atoms with Crippen molar-refractivity contribution in [2.45, 2.75) is 46.5 Å². The lowest BCUT2D eigenvalue weighted by Crippen LogP contribution is -2.02. The van der Waals surface area contributed by atoms with Crippen molar-refractivity contribution in [3.63, 3.8) is 0 Å². The molecule has 0 saturated heterocycles. The lowest BCUT2D eigenvalue weighted by Gasteiger charge is -2.20. The van der Waals surface area contributed by atoms with Gasteiger partial charge in [0.25, 0.3) is 0 Å². The quantitative estimate of drug-likeness (QED) is 0.763. The lowest BCUT2D eigenvalue weighted by atomic mass is 9.94. The van der Waals surface area contributed by atoms with Crippen LogP contribution in [-0.2, 0) is 6.42 Å². The van der Waals surface area contributed by atoms with E-state index < -0.39 is 0 Å². The lowest BCUT2D eigenvalue weighted by molar-refractivity contribution is 0.288. The van der Waals surface area contributed by atoms with Crippen molar-refractivity contribution in [1.82, 2.24) is 0 Å². The van der Waals surface area contributed by atoms with E-state index in [-0.39, 0.29) is 6.61 Å². The summed E-state index contributed by atoms with van der Waals surface area (Å²) in [6.45, 7) is 8.69. The molecule has 0 fully saturated rings. The van der Waals surface area contributed by atoms with Crippen molar-refractivity contribution in [2.24, 2.45) is 0 Å². The molecule has 0 unspecified atom stereocenters. The molecule has 0 bridgehead atoms. The molecular weight excluding hydrogens is 300 g/mol. The Morgan fingerprint density at radius 3 is 2.29 bits per heavy atom. The summed E-state index contributed by atoms with van der Waals surface area (Å²) in [6.07, 6.45) is 1.67. The fraction of sp³-hybridized carbons (Fsp3) is 0.429. The van der Waals surface area contributed by atoms with Crippen LogP contribution in [0.25, 0.3) is 0 Å². The van der Waals surface area contributed by atoms with Crippen LogP contribution in [0.1, 0.15) is 48.4 Å². The van der Waals surface area contributed by atoms with Gasteiger partial charge in [0.15, 0.2) is 0 Å². The molecule has 0 aliphatic carbocycles. The molecule has 0 aromatic heterocycles. The topological polar surface area (TPSA) is 38.7 Å². The highest BCUT2D eigenvalue weighted by molar-refractivity contribution is 5.55. The summed E-state index contributed by atoms with van der Waals surface area (Å²) >= 11 is 0. The van der Waals surface area contributed by atoms with Crippen molar-refractivity contribution in [3.8, 4) is 17.2 Å². The molecule has 3 nitrogen and oxygen atoms in total. The zero-order chi connectivity index (χ0) is 17.7. The van der Waals surface area contributed by atoms with Crippen LogP contribution in [0.5, 0.6) is 17.2 Å².